The maximum atomic E-state index is 9.83. The molecule has 0 unspecified atom stereocenters. The molecule has 1 aliphatic carbocycles. The van der Waals surface area contributed by atoms with E-state index in [1.807, 2.05) is 4.57 Å². The number of hydrogen-bond acceptors (Lipinski definition) is 6. The van der Waals surface area contributed by atoms with Crippen LogP contribution in [-0.4, -0.2) is 42.4 Å². The fourth-order valence-corrected chi connectivity index (χ4v) is 2.60. The molecular formula is C11H15N5O2. The van der Waals surface area contributed by atoms with Crippen molar-refractivity contribution in [3.05, 3.63) is 12.5 Å². The average Bonchev–Trinajstić information content (AvgIpc) is 2.91. The minimum atomic E-state index is -0.475. The Bertz CT molecular complexity index is 570. The molecule has 3 rings (SSSR count). The Labute approximate surface area is 103 Å². The number of hydrogen-bond donors (Lipinski definition) is 3. The Morgan fingerprint density at radius 1 is 1.39 bits per heavy atom. The second-order valence-corrected chi connectivity index (χ2v) is 4.72. The standard InChI is InChI=1S/C11H15N5O2/c12-11-13-3-8-10(15-11)16(5-14-8)7-1-6(4-17)9(18)2-7/h3,5-7,9,17-18H,1-2,4H2,(H2,12,13,15)/t6-,7-,9+/m1/s1. The van der Waals surface area contributed by atoms with E-state index in [2.05, 4.69) is 15.0 Å². The molecule has 0 aromatic carbocycles. The Morgan fingerprint density at radius 2 is 2.22 bits per heavy atom. The lowest BCUT2D eigenvalue weighted by Crippen LogP contribution is -2.16. The Kier molecular flexibility index (Phi) is 2.64. The fourth-order valence-electron chi connectivity index (χ4n) is 2.60. The van der Waals surface area contributed by atoms with Gasteiger partial charge in [-0.2, -0.15) is 4.98 Å². The van der Waals surface area contributed by atoms with Crippen molar-refractivity contribution in [2.24, 2.45) is 5.92 Å². The summed E-state index contributed by atoms with van der Waals surface area (Å²) in [7, 11) is 0. The van der Waals surface area contributed by atoms with Crippen LogP contribution in [0.2, 0.25) is 0 Å². The van der Waals surface area contributed by atoms with Crippen LogP contribution in [0.5, 0.6) is 0 Å². The highest BCUT2D eigenvalue weighted by Crippen LogP contribution is 2.35. The largest absolute Gasteiger partial charge is 0.396 e. The predicted octanol–water partition coefficient (Wildman–Crippen LogP) is -0.287. The summed E-state index contributed by atoms with van der Waals surface area (Å²) in [6.45, 7) is 0.00141. The first kappa shape index (κ1) is 11.4. The van der Waals surface area contributed by atoms with Gasteiger partial charge in [0.05, 0.1) is 18.6 Å². The van der Waals surface area contributed by atoms with Crippen molar-refractivity contribution in [3.63, 3.8) is 0 Å². The zero-order valence-electron chi connectivity index (χ0n) is 9.77. The van der Waals surface area contributed by atoms with Crippen molar-refractivity contribution >= 4 is 17.1 Å². The summed E-state index contributed by atoms with van der Waals surface area (Å²) < 4.78 is 1.91. The number of aromatic nitrogens is 4. The number of aliphatic hydroxyl groups excluding tert-OH is 2. The van der Waals surface area contributed by atoms with Crippen molar-refractivity contribution in [3.8, 4) is 0 Å². The molecule has 2 aromatic heterocycles. The molecule has 1 fully saturated rings. The van der Waals surface area contributed by atoms with E-state index in [0.29, 0.717) is 24.0 Å². The van der Waals surface area contributed by atoms with E-state index in [1.165, 1.54) is 0 Å². The van der Waals surface area contributed by atoms with Crippen LogP contribution in [0.3, 0.4) is 0 Å². The quantitative estimate of drug-likeness (QED) is 0.674. The summed E-state index contributed by atoms with van der Waals surface area (Å²) in [5.74, 6) is 0.133. The number of nitrogen functional groups attached to an aromatic ring is 1. The minimum Gasteiger partial charge on any atom is -0.396 e. The molecule has 2 aromatic rings. The average molecular weight is 249 g/mol. The molecule has 0 saturated heterocycles. The highest BCUT2D eigenvalue weighted by molar-refractivity contribution is 5.70. The van der Waals surface area contributed by atoms with E-state index < -0.39 is 6.10 Å². The lowest BCUT2D eigenvalue weighted by Gasteiger charge is -2.11. The van der Waals surface area contributed by atoms with Crippen LogP contribution < -0.4 is 5.73 Å². The highest BCUT2D eigenvalue weighted by atomic mass is 16.3. The molecular weight excluding hydrogens is 234 g/mol. The number of nitrogens with zero attached hydrogens (tertiary/aromatic N) is 4. The first-order chi connectivity index (χ1) is 8.69. The van der Waals surface area contributed by atoms with Gasteiger partial charge in [-0.25, -0.2) is 9.97 Å². The van der Waals surface area contributed by atoms with Gasteiger partial charge < -0.3 is 20.5 Å². The van der Waals surface area contributed by atoms with Gasteiger partial charge in [0, 0.05) is 18.6 Å². The number of fused-ring (bicyclic) bond motifs is 1. The summed E-state index contributed by atoms with van der Waals surface area (Å²) in [5.41, 5.74) is 6.94. The Balaban J connectivity index is 1.98. The van der Waals surface area contributed by atoms with Crippen molar-refractivity contribution in [2.45, 2.75) is 25.0 Å². The van der Waals surface area contributed by atoms with E-state index in [4.69, 9.17) is 5.73 Å². The molecule has 1 aliphatic rings. The van der Waals surface area contributed by atoms with Gasteiger partial charge in [-0.3, -0.25) is 0 Å². The topological polar surface area (TPSA) is 110 Å². The predicted molar refractivity (Wildman–Crippen MR) is 64.6 cm³/mol. The van der Waals surface area contributed by atoms with Crippen LogP contribution in [0.1, 0.15) is 18.9 Å². The van der Waals surface area contributed by atoms with Gasteiger partial charge in [0.1, 0.15) is 5.52 Å². The molecule has 0 bridgehead atoms. The second kappa shape index (κ2) is 4.18. The van der Waals surface area contributed by atoms with Crippen LogP contribution in [0.15, 0.2) is 12.5 Å². The maximum Gasteiger partial charge on any atom is 0.222 e. The van der Waals surface area contributed by atoms with Gasteiger partial charge in [0.15, 0.2) is 5.65 Å². The number of anilines is 1. The van der Waals surface area contributed by atoms with Crippen molar-refractivity contribution in [1.82, 2.24) is 19.5 Å². The highest BCUT2D eigenvalue weighted by Gasteiger charge is 2.34. The molecule has 96 valence electrons. The molecule has 0 radical (unpaired) electrons. The van der Waals surface area contributed by atoms with E-state index in [-0.39, 0.29) is 24.5 Å². The van der Waals surface area contributed by atoms with E-state index in [1.54, 1.807) is 12.5 Å². The van der Waals surface area contributed by atoms with Crippen LogP contribution in [0.25, 0.3) is 11.2 Å². The molecule has 0 spiro atoms. The summed E-state index contributed by atoms with van der Waals surface area (Å²) in [6.07, 6.45) is 4.11. The number of nitrogens with two attached hydrogens (primary N) is 1. The molecule has 7 nitrogen and oxygen atoms in total. The third kappa shape index (κ3) is 1.72. The molecule has 3 atom stereocenters. The summed E-state index contributed by atoms with van der Waals surface area (Å²) >= 11 is 0. The number of rotatable bonds is 2. The van der Waals surface area contributed by atoms with Crippen molar-refractivity contribution in [2.75, 3.05) is 12.3 Å². The van der Waals surface area contributed by atoms with Crippen molar-refractivity contribution < 1.29 is 10.2 Å². The summed E-state index contributed by atoms with van der Waals surface area (Å²) in [6, 6.07) is 0.0939. The Hall–Kier alpha value is -1.73. The molecule has 7 heteroatoms. The monoisotopic (exact) mass is 249 g/mol. The molecule has 0 amide bonds. The van der Waals surface area contributed by atoms with Gasteiger partial charge in [0.2, 0.25) is 5.95 Å². The SMILES string of the molecule is Nc1ncc2ncn([C@@H]3C[C@H](CO)[C@@H](O)C3)c2n1. The number of imidazole rings is 1. The molecule has 0 aliphatic heterocycles. The smallest absolute Gasteiger partial charge is 0.222 e. The van der Waals surface area contributed by atoms with Crippen molar-refractivity contribution in [1.29, 1.82) is 0 Å². The molecule has 18 heavy (non-hydrogen) atoms. The minimum absolute atomic E-state index is 0.00141. The summed E-state index contributed by atoms with van der Waals surface area (Å²) in [4.78, 5) is 12.3. The lowest BCUT2D eigenvalue weighted by molar-refractivity contribution is 0.0906. The maximum absolute atomic E-state index is 9.83. The van der Waals surface area contributed by atoms with E-state index >= 15 is 0 Å². The molecule has 1 saturated carbocycles. The van der Waals surface area contributed by atoms with Crippen LogP contribution in [-0.2, 0) is 0 Å². The first-order valence-corrected chi connectivity index (χ1v) is 5.93. The van der Waals surface area contributed by atoms with E-state index in [0.717, 1.165) is 0 Å². The van der Waals surface area contributed by atoms with Gasteiger partial charge in [-0.15, -0.1) is 0 Å². The van der Waals surface area contributed by atoms with E-state index in [9.17, 15) is 10.2 Å². The molecule has 2 heterocycles. The summed E-state index contributed by atoms with van der Waals surface area (Å²) in [5, 5.41) is 19.0. The third-order valence-corrected chi connectivity index (χ3v) is 3.59. The van der Waals surface area contributed by atoms with Gasteiger partial charge in [-0.05, 0) is 12.8 Å². The van der Waals surface area contributed by atoms with Gasteiger partial charge in [0.25, 0.3) is 0 Å². The zero-order valence-corrected chi connectivity index (χ0v) is 9.77. The molecule has 4 N–H and O–H groups in total. The Morgan fingerprint density at radius 3 is 2.94 bits per heavy atom. The van der Waals surface area contributed by atoms with Crippen LogP contribution >= 0.6 is 0 Å². The lowest BCUT2D eigenvalue weighted by atomic mass is 10.1. The van der Waals surface area contributed by atoms with Crippen LogP contribution in [0.4, 0.5) is 5.95 Å². The zero-order chi connectivity index (χ0) is 12.7. The van der Waals surface area contributed by atoms with Crippen LogP contribution in [0, 0.1) is 5.92 Å². The van der Waals surface area contributed by atoms with Gasteiger partial charge in [-0.1, -0.05) is 0 Å². The fraction of sp³-hybridized carbons (Fsp3) is 0.545. The number of aliphatic hydroxyl groups is 2. The first-order valence-electron chi connectivity index (χ1n) is 5.93. The van der Waals surface area contributed by atoms with Gasteiger partial charge >= 0.3 is 0 Å². The second-order valence-electron chi connectivity index (χ2n) is 4.72. The third-order valence-electron chi connectivity index (χ3n) is 3.59. The normalized spacial score (nSPS) is 28.0.